The van der Waals surface area contributed by atoms with E-state index < -0.39 is 36.0 Å². The molecule has 0 amide bonds. The van der Waals surface area contributed by atoms with Crippen LogP contribution in [0.3, 0.4) is 0 Å². The molecule has 18 heavy (non-hydrogen) atoms. The molecule has 2 saturated heterocycles. The van der Waals surface area contributed by atoms with Crippen molar-refractivity contribution in [1.82, 2.24) is 0 Å². The third-order valence-corrected chi connectivity index (χ3v) is 3.04. The average molecular weight is 256 g/mol. The maximum Gasteiger partial charge on any atom is 0.165 e. The van der Waals surface area contributed by atoms with Crippen molar-refractivity contribution in [2.45, 2.75) is 63.7 Å². The second kappa shape index (κ2) is 4.48. The van der Waals surface area contributed by atoms with Crippen molar-refractivity contribution in [3.8, 4) is 12.3 Å². The normalized spacial score (nSPS) is 39.4. The van der Waals surface area contributed by atoms with E-state index in [0.717, 1.165) is 0 Å². The Morgan fingerprint density at radius 2 is 1.83 bits per heavy atom. The van der Waals surface area contributed by atoms with Gasteiger partial charge in [0.1, 0.15) is 24.4 Å². The summed E-state index contributed by atoms with van der Waals surface area (Å²) in [6.45, 7) is 7.44. The van der Waals surface area contributed by atoms with Crippen molar-refractivity contribution < 1.29 is 24.1 Å². The Hall–Kier alpha value is -0.640. The highest BCUT2D eigenvalue weighted by molar-refractivity contribution is 5.06. The first kappa shape index (κ1) is 13.8. The largest absolute Gasteiger partial charge is 0.387 e. The fraction of sp³-hybridized carbons (Fsp3) is 0.846. The van der Waals surface area contributed by atoms with Gasteiger partial charge in [-0.25, -0.2) is 0 Å². The molecular formula is C13H20O5. The number of hydrogen-bond acceptors (Lipinski definition) is 5. The molecule has 2 rings (SSSR count). The lowest BCUT2D eigenvalue weighted by atomic mass is 10.0. The highest BCUT2D eigenvalue weighted by Gasteiger charge is 2.49. The third-order valence-electron chi connectivity index (χ3n) is 3.04. The maximum atomic E-state index is 10.3. The highest BCUT2D eigenvalue weighted by atomic mass is 16.8. The van der Waals surface area contributed by atoms with Gasteiger partial charge in [0.2, 0.25) is 0 Å². The number of aliphatic hydroxyl groups is 1. The Morgan fingerprint density at radius 1 is 1.17 bits per heavy atom. The number of aliphatic hydroxyl groups excluding tert-OH is 1. The van der Waals surface area contributed by atoms with Crippen molar-refractivity contribution in [3.63, 3.8) is 0 Å². The molecular weight excluding hydrogens is 236 g/mol. The standard InChI is InChI=1S/C13H20O5/c1-6-8-11(18-13(4,5)16-8)10(14)9-7-15-12(2,3)17-9/h1,8-11,14H,7H2,2-5H3/t8-,9-,10-,11+/m1/s1. The van der Waals surface area contributed by atoms with Crippen LogP contribution in [-0.4, -0.2) is 47.7 Å². The van der Waals surface area contributed by atoms with E-state index in [-0.39, 0.29) is 0 Å². The summed E-state index contributed by atoms with van der Waals surface area (Å²) in [6, 6.07) is 0. The molecule has 5 nitrogen and oxygen atoms in total. The summed E-state index contributed by atoms with van der Waals surface area (Å²) in [7, 11) is 0. The van der Waals surface area contributed by atoms with Crippen molar-refractivity contribution in [2.24, 2.45) is 0 Å². The van der Waals surface area contributed by atoms with Gasteiger partial charge in [-0.1, -0.05) is 5.92 Å². The smallest absolute Gasteiger partial charge is 0.165 e. The second-order valence-corrected chi connectivity index (χ2v) is 5.55. The molecule has 0 aromatic rings. The van der Waals surface area contributed by atoms with Crippen LogP contribution < -0.4 is 0 Å². The molecule has 0 unspecified atom stereocenters. The monoisotopic (exact) mass is 256 g/mol. The van der Waals surface area contributed by atoms with E-state index in [0.29, 0.717) is 6.61 Å². The van der Waals surface area contributed by atoms with Crippen LogP contribution in [0.2, 0.25) is 0 Å². The van der Waals surface area contributed by atoms with E-state index >= 15 is 0 Å². The summed E-state index contributed by atoms with van der Waals surface area (Å²) in [5.74, 6) is 1.01. The zero-order chi connectivity index (χ0) is 13.6. The molecule has 2 fully saturated rings. The summed E-state index contributed by atoms with van der Waals surface area (Å²) in [5.41, 5.74) is 0. The predicted molar refractivity (Wildman–Crippen MR) is 63.6 cm³/mol. The molecule has 5 heteroatoms. The van der Waals surface area contributed by atoms with Gasteiger partial charge in [0.25, 0.3) is 0 Å². The summed E-state index contributed by atoms with van der Waals surface area (Å²) in [5, 5.41) is 10.3. The molecule has 0 aliphatic carbocycles. The Bertz CT molecular complexity index is 357. The maximum absolute atomic E-state index is 10.3. The van der Waals surface area contributed by atoms with Gasteiger partial charge < -0.3 is 24.1 Å². The topological polar surface area (TPSA) is 57.2 Å². The number of hydrogen-bond donors (Lipinski definition) is 1. The summed E-state index contributed by atoms with van der Waals surface area (Å²) in [6.07, 6.45) is 2.87. The summed E-state index contributed by atoms with van der Waals surface area (Å²) < 4.78 is 22.2. The molecule has 4 atom stereocenters. The first-order valence-corrected chi connectivity index (χ1v) is 6.06. The molecule has 1 N–H and O–H groups in total. The minimum Gasteiger partial charge on any atom is -0.387 e. The molecule has 0 bridgehead atoms. The summed E-state index contributed by atoms with van der Waals surface area (Å²) in [4.78, 5) is 0. The van der Waals surface area contributed by atoms with Crippen LogP contribution in [0.4, 0.5) is 0 Å². The highest BCUT2D eigenvalue weighted by Crippen LogP contribution is 2.33. The lowest BCUT2D eigenvalue weighted by Crippen LogP contribution is -2.44. The van der Waals surface area contributed by atoms with Crippen LogP contribution in [0, 0.1) is 12.3 Å². The Labute approximate surface area is 107 Å². The van der Waals surface area contributed by atoms with Gasteiger partial charge in [0.15, 0.2) is 11.6 Å². The van der Waals surface area contributed by atoms with Crippen LogP contribution in [0.1, 0.15) is 27.7 Å². The van der Waals surface area contributed by atoms with Gasteiger partial charge in [-0.05, 0) is 27.7 Å². The Morgan fingerprint density at radius 3 is 2.33 bits per heavy atom. The number of rotatable bonds is 2. The van der Waals surface area contributed by atoms with Crippen LogP contribution in [0.5, 0.6) is 0 Å². The van der Waals surface area contributed by atoms with Crippen LogP contribution >= 0.6 is 0 Å². The van der Waals surface area contributed by atoms with E-state index in [1.807, 2.05) is 0 Å². The minimum atomic E-state index is -0.880. The van der Waals surface area contributed by atoms with Gasteiger partial charge in [0, 0.05) is 0 Å². The SMILES string of the molecule is C#C[C@H]1OC(C)(C)O[C@@H]1[C@H](O)[C@H]1COC(C)(C)O1. The van der Waals surface area contributed by atoms with Gasteiger partial charge in [-0.2, -0.15) is 0 Å². The van der Waals surface area contributed by atoms with E-state index in [1.165, 1.54) is 0 Å². The molecule has 0 aromatic heterocycles. The van der Waals surface area contributed by atoms with Gasteiger partial charge in [-0.15, -0.1) is 6.42 Å². The molecule has 0 radical (unpaired) electrons. The van der Waals surface area contributed by atoms with E-state index in [1.54, 1.807) is 27.7 Å². The van der Waals surface area contributed by atoms with Crippen molar-refractivity contribution in [3.05, 3.63) is 0 Å². The van der Waals surface area contributed by atoms with E-state index in [2.05, 4.69) is 5.92 Å². The molecule has 0 spiro atoms. The molecule has 2 aliphatic rings. The molecule has 0 aromatic carbocycles. The van der Waals surface area contributed by atoms with Crippen molar-refractivity contribution in [2.75, 3.05) is 6.61 Å². The lowest BCUT2D eigenvalue weighted by molar-refractivity contribution is -0.178. The van der Waals surface area contributed by atoms with Crippen molar-refractivity contribution in [1.29, 1.82) is 0 Å². The van der Waals surface area contributed by atoms with Crippen LogP contribution in [0.15, 0.2) is 0 Å². The average Bonchev–Trinajstić information content (AvgIpc) is 2.77. The van der Waals surface area contributed by atoms with Crippen LogP contribution in [0.25, 0.3) is 0 Å². The molecule has 0 saturated carbocycles. The number of ether oxygens (including phenoxy) is 4. The zero-order valence-electron chi connectivity index (χ0n) is 11.2. The predicted octanol–water partition coefficient (Wildman–Crippen LogP) is 0.652. The first-order valence-electron chi connectivity index (χ1n) is 6.06. The summed E-state index contributed by atoms with van der Waals surface area (Å²) >= 11 is 0. The van der Waals surface area contributed by atoms with E-state index in [4.69, 9.17) is 25.4 Å². The second-order valence-electron chi connectivity index (χ2n) is 5.55. The molecule has 2 aliphatic heterocycles. The lowest BCUT2D eigenvalue weighted by Gasteiger charge is -2.25. The Balaban J connectivity index is 2.05. The fourth-order valence-electron chi connectivity index (χ4n) is 2.26. The van der Waals surface area contributed by atoms with Gasteiger partial charge in [0.05, 0.1) is 6.61 Å². The van der Waals surface area contributed by atoms with Crippen molar-refractivity contribution >= 4 is 0 Å². The minimum absolute atomic E-state index is 0.311. The quantitative estimate of drug-likeness (QED) is 0.735. The third kappa shape index (κ3) is 2.68. The van der Waals surface area contributed by atoms with Crippen LogP contribution in [-0.2, 0) is 18.9 Å². The molecule has 102 valence electrons. The van der Waals surface area contributed by atoms with Gasteiger partial charge >= 0.3 is 0 Å². The van der Waals surface area contributed by atoms with E-state index in [9.17, 15) is 5.11 Å². The van der Waals surface area contributed by atoms with Gasteiger partial charge in [-0.3, -0.25) is 0 Å². The molecule has 2 heterocycles. The first-order chi connectivity index (χ1) is 8.24. The fourth-order valence-corrected chi connectivity index (χ4v) is 2.26. The number of terminal acetylenes is 1. The Kier molecular flexibility index (Phi) is 3.43. The zero-order valence-corrected chi connectivity index (χ0v) is 11.2.